The number of aliphatic hydroxyl groups is 1. The number of aryl methyl sites for hydroxylation is 1. The summed E-state index contributed by atoms with van der Waals surface area (Å²) in [5.41, 5.74) is 3.90. The average molecular weight is 508 g/mol. The molecule has 2 aromatic carbocycles. The minimum Gasteiger partial charge on any atom is -0.497 e. The summed E-state index contributed by atoms with van der Waals surface area (Å²) in [5, 5.41) is 21.3. The number of amides is 1. The number of carbonyl (C=O) groups excluding carboxylic acids is 1. The van der Waals surface area contributed by atoms with E-state index in [9.17, 15) is 19.8 Å². The van der Waals surface area contributed by atoms with Gasteiger partial charge in [0.1, 0.15) is 17.7 Å². The number of hydrogen-bond donors (Lipinski definition) is 2. The lowest BCUT2D eigenvalue weighted by Gasteiger charge is -2.34. The van der Waals surface area contributed by atoms with Crippen LogP contribution in [0.3, 0.4) is 0 Å². The molecule has 1 aromatic heterocycles. The number of fused-ring (bicyclic) bond motifs is 3. The molecule has 3 aromatic rings. The Morgan fingerprint density at radius 2 is 1.95 bits per heavy atom. The van der Waals surface area contributed by atoms with Gasteiger partial charge in [-0.05, 0) is 68.9 Å². The number of carbonyl (C=O) groups is 2. The van der Waals surface area contributed by atoms with Gasteiger partial charge in [0.2, 0.25) is 0 Å². The Labute approximate surface area is 215 Å². The SMILES string of the molecule is COC(=O)N1c2ccc3c(nc([C@H](O)c4cccc(OC)c4)n3[C@@H]3CCC[C@@H](C(=O)O)C3)c2CC[C@@H]1C. The average Bonchev–Trinajstić information content (AvgIpc) is 3.32. The molecule has 196 valence electrons. The Kier molecular flexibility index (Phi) is 6.81. The fourth-order valence-corrected chi connectivity index (χ4v) is 5.95. The van der Waals surface area contributed by atoms with E-state index in [2.05, 4.69) is 0 Å². The van der Waals surface area contributed by atoms with Crippen molar-refractivity contribution in [3.63, 3.8) is 0 Å². The Morgan fingerprint density at radius 3 is 2.68 bits per heavy atom. The predicted molar refractivity (Wildman–Crippen MR) is 138 cm³/mol. The van der Waals surface area contributed by atoms with Gasteiger partial charge in [0.05, 0.1) is 36.9 Å². The number of hydrogen-bond acceptors (Lipinski definition) is 6. The van der Waals surface area contributed by atoms with Crippen molar-refractivity contribution < 1.29 is 29.3 Å². The van der Waals surface area contributed by atoms with Crippen LogP contribution in [0.5, 0.6) is 5.75 Å². The third-order valence-corrected chi connectivity index (χ3v) is 7.87. The summed E-state index contributed by atoms with van der Waals surface area (Å²) in [6.07, 6.45) is 2.74. The Morgan fingerprint density at radius 1 is 1.14 bits per heavy atom. The first-order valence-electron chi connectivity index (χ1n) is 12.8. The second-order valence-corrected chi connectivity index (χ2v) is 10.0. The highest BCUT2D eigenvalue weighted by Crippen LogP contribution is 2.42. The van der Waals surface area contributed by atoms with E-state index < -0.39 is 24.1 Å². The number of nitrogens with zero attached hydrogens (tertiary/aromatic N) is 3. The smallest absolute Gasteiger partial charge is 0.414 e. The highest BCUT2D eigenvalue weighted by molar-refractivity contribution is 5.95. The number of imidazole rings is 1. The summed E-state index contributed by atoms with van der Waals surface area (Å²) >= 11 is 0. The van der Waals surface area contributed by atoms with E-state index in [0.29, 0.717) is 30.0 Å². The molecule has 0 saturated heterocycles. The van der Waals surface area contributed by atoms with Crippen molar-refractivity contribution in [2.75, 3.05) is 19.1 Å². The molecule has 1 saturated carbocycles. The number of carboxylic acids is 1. The lowest BCUT2D eigenvalue weighted by molar-refractivity contribution is -0.143. The zero-order chi connectivity index (χ0) is 26.3. The number of benzene rings is 2. The zero-order valence-electron chi connectivity index (χ0n) is 21.4. The van der Waals surface area contributed by atoms with Crippen LogP contribution in [0.15, 0.2) is 36.4 Å². The molecule has 2 aliphatic rings. The molecule has 37 heavy (non-hydrogen) atoms. The second-order valence-electron chi connectivity index (χ2n) is 10.0. The van der Waals surface area contributed by atoms with Crippen LogP contribution in [0, 0.1) is 5.92 Å². The van der Waals surface area contributed by atoms with Gasteiger partial charge >= 0.3 is 12.1 Å². The summed E-state index contributed by atoms with van der Waals surface area (Å²) in [5.74, 6) is -0.130. The molecule has 0 radical (unpaired) electrons. The van der Waals surface area contributed by atoms with E-state index >= 15 is 0 Å². The molecule has 2 N–H and O–H groups in total. The van der Waals surface area contributed by atoms with Crippen LogP contribution in [0.2, 0.25) is 0 Å². The molecule has 1 aliphatic carbocycles. The van der Waals surface area contributed by atoms with Crippen LogP contribution in [-0.2, 0) is 16.0 Å². The van der Waals surface area contributed by atoms with Crippen molar-refractivity contribution in [2.45, 2.75) is 63.6 Å². The van der Waals surface area contributed by atoms with Gasteiger partial charge in [-0.1, -0.05) is 18.6 Å². The lowest BCUT2D eigenvalue weighted by atomic mass is 9.85. The molecule has 1 fully saturated rings. The maximum absolute atomic E-state index is 12.6. The van der Waals surface area contributed by atoms with Gasteiger partial charge in [-0.15, -0.1) is 0 Å². The number of aliphatic carboxylic acids is 1. The summed E-state index contributed by atoms with van der Waals surface area (Å²) < 4.78 is 12.5. The minimum atomic E-state index is -1.04. The largest absolute Gasteiger partial charge is 0.497 e. The topological polar surface area (TPSA) is 114 Å². The highest BCUT2D eigenvalue weighted by atomic mass is 16.5. The van der Waals surface area contributed by atoms with Crippen molar-refractivity contribution in [3.05, 3.63) is 53.3 Å². The first-order valence-corrected chi connectivity index (χ1v) is 12.8. The molecular formula is C28H33N3O6. The normalized spacial score (nSPS) is 22.4. The van der Waals surface area contributed by atoms with Crippen molar-refractivity contribution in [1.82, 2.24) is 9.55 Å². The van der Waals surface area contributed by atoms with Crippen LogP contribution in [0.25, 0.3) is 11.0 Å². The van der Waals surface area contributed by atoms with Gasteiger partial charge in [-0.3, -0.25) is 9.69 Å². The number of ether oxygens (including phenoxy) is 2. The van der Waals surface area contributed by atoms with Crippen LogP contribution in [0.1, 0.15) is 68.1 Å². The molecule has 0 unspecified atom stereocenters. The zero-order valence-corrected chi connectivity index (χ0v) is 21.4. The Balaban J connectivity index is 1.69. The van der Waals surface area contributed by atoms with E-state index in [-0.39, 0.29) is 12.1 Å². The monoisotopic (exact) mass is 507 g/mol. The molecule has 9 heteroatoms. The van der Waals surface area contributed by atoms with Crippen molar-refractivity contribution in [2.24, 2.45) is 5.92 Å². The van der Waals surface area contributed by atoms with E-state index in [1.54, 1.807) is 18.1 Å². The fourth-order valence-electron chi connectivity index (χ4n) is 5.95. The Bertz CT molecular complexity index is 1330. The predicted octanol–water partition coefficient (Wildman–Crippen LogP) is 4.85. The third kappa shape index (κ3) is 4.41. The van der Waals surface area contributed by atoms with Gasteiger partial charge in [0, 0.05) is 17.6 Å². The van der Waals surface area contributed by atoms with Gasteiger partial charge < -0.3 is 24.3 Å². The summed E-state index contributed by atoms with van der Waals surface area (Å²) in [7, 11) is 2.95. The van der Waals surface area contributed by atoms with Crippen LogP contribution < -0.4 is 9.64 Å². The molecule has 9 nitrogen and oxygen atoms in total. The van der Waals surface area contributed by atoms with Gasteiger partial charge in [-0.2, -0.15) is 0 Å². The number of aromatic nitrogens is 2. The van der Waals surface area contributed by atoms with Crippen LogP contribution in [-0.4, -0.2) is 52.1 Å². The maximum atomic E-state index is 12.6. The summed E-state index contributed by atoms with van der Waals surface area (Å²) in [6, 6.07) is 11.0. The first-order chi connectivity index (χ1) is 17.8. The third-order valence-electron chi connectivity index (χ3n) is 7.87. The summed E-state index contributed by atoms with van der Waals surface area (Å²) in [6.45, 7) is 1.99. The molecular weight excluding hydrogens is 474 g/mol. The van der Waals surface area contributed by atoms with E-state index in [0.717, 1.165) is 48.0 Å². The maximum Gasteiger partial charge on any atom is 0.414 e. The number of carboxylic acid groups (broad SMARTS) is 1. The molecule has 0 bridgehead atoms. The lowest BCUT2D eigenvalue weighted by Crippen LogP contribution is -2.42. The fraction of sp³-hybridized carbons (Fsp3) is 0.464. The van der Waals surface area contributed by atoms with Gasteiger partial charge in [0.25, 0.3) is 0 Å². The molecule has 1 aliphatic heterocycles. The van der Waals surface area contributed by atoms with E-state index in [1.807, 2.05) is 41.8 Å². The minimum absolute atomic E-state index is 0.0176. The van der Waals surface area contributed by atoms with Crippen molar-refractivity contribution >= 4 is 28.8 Å². The van der Waals surface area contributed by atoms with E-state index in [4.69, 9.17) is 14.5 Å². The highest BCUT2D eigenvalue weighted by Gasteiger charge is 2.35. The molecule has 1 amide bonds. The van der Waals surface area contributed by atoms with E-state index in [1.165, 1.54) is 7.11 Å². The second kappa shape index (κ2) is 10.0. The standard InChI is InChI=1S/C28H33N3O6/c1-16-10-11-21-22(30(16)28(35)37-3)12-13-23-24(21)29-26(25(32)17-6-5-9-20(15-17)36-2)31(23)19-8-4-7-18(14-19)27(33)34/h5-6,9,12-13,15-16,18-19,25,32H,4,7-8,10-11,14H2,1-3H3,(H,33,34)/t16-,18+,19+,25+/m0/s1. The van der Waals surface area contributed by atoms with Crippen molar-refractivity contribution in [1.29, 1.82) is 0 Å². The molecule has 0 spiro atoms. The number of rotatable bonds is 5. The van der Waals surface area contributed by atoms with Crippen LogP contribution in [0.4, 0.5) is 10.5 Å². The molecule has 5 rings (SSSR count). The Hall–Kier alpha value is -3.59. The molecule has 4 atom stereocenters. The van der Waals surface area contributed by atoms with Crippen LogP contribution >= 0.6 is 0 Å². The van der Waals surface area contributed by atoms with Gasteiger partial charge in [0.15, 0.2) is 0 Å². The number of aliphatic hydroxyl groups excluding tert-OH is 1. The summed E-state index contributed by atoms with van der Waals surface area (Å²) in [4.78, 5) is 31.1. The van der Waals surface area contributed by atoms with Gasteiger partial charge in [-0.25, -0.2) is 9.78 Å². The first kappa shape index (κ1) is 25.1. The number of anilines is 1. The van der Waals surface area contributed by atoms with Crippen molar-refractivity contribution in [3.8, 4) is 5.75 Å². The molecule has 2 heterocycles. The number of methoxy groups -OCH3 is 2. The quantitative estimate of drug-likeness (QED) is 0.507.